The summed E-state index contributed by atoms with van der Waals surface area (Å²) < 4.78 is 1.84. The molecule has 3 aromatic rings. The van der Waals surface area contributed by atoms with Gasteiger partial charge in [-0.3, -0.25) is 9.48 Å². The van der Waals surface area contributed by atoms with Gasteiger partial charge in [0.2, 0.25) is 0 Å². The molecule has 3 rings (SSSR count). The maximum atomic E-state index is 12.8. The van der Waals surface area contributed by atoms with Crippen LogP contribution in [0.15, 0.2) is 76.9 Å². The highest BCUT2D eigenvalue weighted by Crippen LogP contribution is 2.35. The van der Waals surface area contributed by atoms with Crippen LogP contribution < -0.4 is 5.43 Å². The second kappa shape index (κ2) is 9.19. The summed E-state index contributed by atoms with van der Waals surface area (Å²) in [5.74, 6) is -0.160. The van der Waals surface area contributed by atoms with E-state index in [2.05, 4.69) is 15.6 Å². The van der Waals surface area contributed by atoms with Gasteiger partial charge in [0.1, 0.15) is 5.25 Å². The number of hydrogen-bond donors (Lipinski definition) is 1. The van der Waals surface area contributed by atoms with Gasteiger partial charge >= 0.3 is 0 Å². The predicted molar refractivity (Wildman–Crippen MR) is 110 cm³/mol. The monoisotopic (exact) mass is 378 g/mol. The molecule has 0 fully saturated rings. The first-order valence-electron chi connectivity index (χ1n) is 8.81. The highest BCUT2D eigenvalue weighted by atomic mass is 32.2. The van der Waals surface area contributed by atoms with Gasteiger partial charge in [-0.25, -0.2) is 5.43 Å². The van der Waals surface area contributed by atoms with E-state index < -0.39 is 0 Å². The number of amides is 1. The van der Waals surface area contributed by atoms with E-state index in [1.54, 1.807) is 6.21 Å². The summed E-state index contributed by atoms with van der Waals surface area (Å²) in [4.78, 5) is 13.9. The Morgan fingerprint density at radius 1 is 1.19 bits per heavy atom. The van der Waals surface area contributed by atoms with Crippen LogP contribution in [0.2, 0.25) is 0 Å². The lowest BCUT2D eigenvalue weighted by Crippen LogP contribution is -2.23. The van der Waals surface area contributed by atoms with Gasteiger partial charge < -0.3 is 0 Å². The lowest BCUT2D eigenvalue weighted by atomic mass is 10.1. The maximum absolute atomic E-state index is 12.8. The molecular formula is C21H22N4OS. The number of aryl methyl sites for hydroxylation is 2. The van der Waals surface area contributed by atoms with Gasteiger partial charge in [-0.2, -0.15) is 10.2 Å². The fraction of sp³-hybridized carbons (Fsp3) is 0.190. The molecule has 0 spiro atoms. The normalized spacial score (nSPS) is 12.2. The number of rotatable bonds is 7. The minimum Gasteiger partial charge on any atom is -0.272 e. The second-order valence-electron chi connectivity index (χ2n) is 5.98. The summed E-state index contributed by atoms with van der Waals surface area (Å²) in [5.41, 5.74) is 5.39. The van der Waals surface area contributed by atoms with Crippen molar-refractivity contribution in [2.75, 3.05) is 0 Å². The average molecular weight is 379 g/mol. The zero-order valence-electron chi connectivity index (χ0n) is 15.4. The van der Waals surface area contributed by atoms with Crippen molar-refractivity contribution in [1.82, 2.24) is 15.2 Å². The van der Waals surface area contributed by atoms with Crippen LogP contribution in [0.25, 0.3) is 0 Å². The van der Waals surface area contributed by atoms with Crippen LogP contribution in [0.1, 0.15) is 29.0 Å². The molecule has 6 heteroatoms. The van der Waals surface area contributed by atoms with Crippen molar-refractivity contribution >= 4 is 23.9 Å². The Bertz CT molecular complexity index is 906. The van der Waals surface area contributed by atoms with Crippen LogP contribution in [0, 0.1) is 6.92 Å². The Kier molecular flexibility index (Phi) is 6.44. The first-order valence-corrected chi connectivity index (χ1v) is 9.69. The van der Waals surface area contributed by atoms with Crippen LogP contribution in [-0.4, -0.2) is 21.9 Å². The molecule has 5 nitrogen and oxygen atoms in total. The van der Waals surface area contributed by atoms with E-state index in [0.717, 1.165) is 28.3 Å². The zero-order valence-corrected chi connectivity index (χ0v) is 16.2. The Labute approximate surface area is 163 Å². The van der Waals surface area contributed by atoms with E-state index in [1.165, 1.54) is 11.8 Å². The van der Waals surface area contributed by atoms with Crippen molar-refractivity contribution in [3.63, 3.8) is 0 Å². The van der Waals surface area contributed by atoms with Gasteiger partial charge in [0.05, 0.1) is 11.9 Å². The van der Waals surface area contributed by atoms with Crippen molar-refractivity contribution in [2.45, 2.75) is 30.5 Å². The molecule has 0 unspecified atom stereocenters. The molecule has 2 aromatic carbocycles. The number of carbonyl (C=O) groups excluding carboxylic acids is 1. The quantitative estimate of drug-likeness (QED) is 0.381. The molecule has 0 saturated heterocycles. The lowest BCUT2D eigenvalue weighted by molar-refractivity contribution is -0.120. The fourth-order valence-corrected chi connectivity index (χ4v) is 3.62. The van der Waals surface area contributed by atoms with Gasteiger partial charge in [0.15, 0.2) is 0 Å². The number of nitrogens with one attached hydrogen (secondary N) is 1. The molecule has 0 bridgehead atoms. The van der Waals surface area contributed by atoms with Crippen molar-refractivity contribution in [1.29, 1.82) is 0 Å². The SMILES string of the molecule is CCn1cc(/C=N\NC(=O)[C@@H](Sc2ccccc2)c2ccccc2)c(C)n1. The summed E-state index contributed by atoms with van der Waals surface area (Å²) >= 11 is 1.50. The van der Waals surface area contributed by atoms with E-state index in [4.69, 9.17) is 0 Å². The third-order valence-electron chi connectivity index (χ3n) is 4.02. The number of hydrazone groups is 1. The van der Waals surface area contributed by atoms with Gasteiger partial charge in [0.25, 0.3) is 5.91 Å². The van der Waals surface area contributed by atoms with Crippen LogP contribution in [0.3, 0.4) is 0 Å². The van der Waals surface area contributed by atoms with Crippen molar-refractivity contribution < 1.29 is 4.79 Å². The average Bonchev–Trinajstić information content (AvgIpc) is 3.07. The number of nitrogens with zero attached hydrogens (tertiary/aromatic N) is 3. The molecule has 0 aliphatic rings. The van der Waals surface area contributed by atoms with Crippen molar-refractivity contribution in [3.05, 3.63) is 83.7 Å². The summed E-state index contributed by atoms with van der Waals surface area (Å²) in [5, 5.41) is 8.14. The number of hydrogen-bond acceptors (Lipinski definition) is 4. The molecule has 1 aromatic heterocycles. The second-order valence-corrected chi connectivity index (χ2v) is 7.16. The first-order chi connectivity index (χ1) is 13.2. The van der Waals surface area contributed by atoms with E-state index in [9.17, 15) is 4.79 Å². The summed E-state index contributed by atoms with van der Waals surface area (Å²) in [6.45, 7) is 4.75. The molecule has 0 radical (unpaired) electrons. The number of carbonyl (C=O) groups is 1. The van der Waals surface area contributed by atoms with Crippen molar-refractivity contribution in [3.8, 4) is 0 Å². The van der Waals surface area contributed by atoms with E-state index in [1.807, 2.05) is 85.4 Å². The van der Waals surface area contributed by atoms with Gasteiger partial charge in [0, 0.05) is 23.2 Å². The van der Waals surface area contributed by atoms with Gasteiger partial charge in [-0.15, -0.1) is 11.8 Å². The summed E-state index contributed by atoms with van der Waals surface area (Å²) in [6.07, 6.45) is 3.56. The first kappa shape index (κ1) is 18.9. The van der Waals surface area contributed by atoms with Crippen LogP contribution in [0.4, 0.5) is 0 Å². The van der Waals surface area contributed by atoms with Gasteiger partial charge in [-0.05, 0) is 31.5 Å². The molecule has 27 heavy (non-hydrogen) atoms. The lowest BCUT2D eigenvalue weighted by Gasteiger charge is -2.15. The molecule has 1 heterocycles. The van der Waals surface area contributed by atoms with Crippen molar-refractivity contribution in [2.24, 2.45) is 5.10 Å². The van der Waals surface area contributed by atoms with E-state index >= 15 is 0 Å². The molecule has 1 amide bonds. The Balaban J connectivity index is 1.74. The van der Waals surface area contributed by atoms with Crippen LogP contribution >= 0.6 is 11.8 Å². The third-order valence-corrected chi connectivity index (χ3v) is 5.29. The summed E-state index contributed by atoms with van der Waals surface area (Å²) in [6, 6.07) is 19.6. The number of aromatic nitrogens is 2. The standard InChI is InChI=1S/C21H22N4OS/c1-3-25-15-18(16(2)24-25)14-22-23-21(26)20(17-10-6-4-7-11-17)27-19-12-8-5-9-13-19/h4-15,20H,3H2,1-2H3,(H,23,26)/b22-14-/t20-/m0/s1. The van der Waals surface area contributed by atoms with E-state index in [-0.39, 0.29) is 11.2 Å². The Hall–Kier alpha value is -2.86. The largest absolute Gasteiger partial charge is 0.272 e. The van der Waals surface area contributed by atoms with Crippen LogP contribution in [-0.2, 0) is 11.3 Å². The predicted octanol–water partition coefficient (Wildman–Crippen LogP) is 4.20. The molecule has 0 aliphatic carbocycles. The Morgan fingerprint density at radius 3 is 2.48 bits per heavy atom. The molecular weight excluding hydrogens is 356 g/mol. The van der Waals surface area contributed by atoms with Gasteiger partial charge in [-0.1, -0.05) is 48.5 Å². The number of thioether (sulfide) groups is 1. The smallest absolute Gasteiger partial charge is 0.258 e. The van der Waals surface area contributed by atoms with E-state index in [0.29, 0.717) is 0 Å². The fourth-order valence-electron chi connectivity index (χ4n) is 2.58. The Morgan fingerprint density at radius 2 is 1.85 bits per heavy atom. The molecule has 1 atom stereocenters. The minimum absolute atomic E-state index is 0.160. The topological polar surface area (TPSA) is 59.3 Å². The van der Waals surface area contributed by atoms with Crippen LogP contribution in [0.5, 0.6) is 0 Å². The highest BCUT2D eigenvalue weighted by molar-refractivity contribution is 8.00. The summed E-state index contributed by atoms with van der Waals surface area (Å²) in [7, 11) is 0. The molecule has 1 N–H and O–H groups in total. The highest BCUT2D eigenvalue weighted by Gasteiger charge is 2.21. The molecule has 0 saturated carbocycles. The third kappa shape index (κ3) is 5.08. The zero-order chi connectivity index (χ0) is 19.1. The number of benzene rings is 2. The molecule has 0 aliphatic heterocycles. The minimum atomic E-state index is -0.384. The molecule has 138 valence electrons. The maximum Gasteiger partial charge on any atom is 0.258 e.